The fourth-order valence-electron chi connectivity index (χ4n) is 1.46. The molecule has 17 heavy (non-hydrogen) atoms. The lowest BCUT2D eigenvalue weighted by Crippen LogP contribution is -2.29. The van der Waals surface area contributed by atoms with E-state index < -0.39 is 0 Å². The number of methoxy groups -OCH3 is 1. The van der Waals surface area contributed by atoms with Crippen molar-refractivity contribution in [2.45, 2.75) is 26.7 Å². The van der Waals surface area contributed by atoms with Gasteiger partial charge >= 0.3 is 6.03 Å². The van der Waals surface area contributed by atoms with Crippen molar-refractivity contribution in [2.75, 3.05) is 19.0 Å². The molecule has 0 aliphatic rings. The van der Waals surface area contributed by atoms with Crippen LogP contribution in [0, 0.1) is 6.92 Å². The molecular formula is C13H20N2O2. The van der Waals surface area contributed by atoms with Gasteiger partial charge in [0.2, 0.25) is 0 Å². The van der Waals surface area contributed by atoms with Gasteiger partial charge in [-0.15, -0.1) is 0 Å². The van der Waals surface area contributed by atoms with Gasteiger partial charge in [-0.3, -0.25) is 0 Å². The Balaban J connectivity index is 2.60. The third-order valence-corrected chi connectivity index (χ3v) is 2.42. The molecule has 0 fully saturated rings. The largest absolute Gasteiger partial charge is 0.495 e. The minimum absolute atomic E-state index is 0.192. The number of anilines is 1. The van der Waals surface area contributed by atoms with E-state index in [-0.39, 0.29) is 6.03 Å². The molecule has 94 valence electrons. The molecule has 0 saturated carbocycles. The first-order valence-electron chi connectivity index (χ1n) is 5.87. The normalized spacial score (nSPS) is 9.82. The molecule has 0 heterocycles. The smallest absolute Gasteiger partial charge is 0.319 e. The van der Waals surface area contributed by atoms with E-state index in [1.165, 1.54) is 0 Å². The Kier molecular flexibility index (Phi) is 5.33. The van der Waals surface area contributed by atoms with E-state index in [1.807, 2.05) is 25.1 Å². The van der Waals surface area contributed by atoms with Gasteiger partial charge in [-0.05, 0) is 31.0 Å². The minimum atomic E-state index is -0.192. The fourth-order valence-corrected chi connectivity index (χ4v) is 1.46. The quantitative estimate of drug-likeness (QED) is 0.772. The fraction of sp³-hybridized carbons (Fsp3) is 0.462. The van der Waals surface area contributed by atoms with E-state index in [0.717, 1.165) is 18.4 Å². The van der Waals surface area contributed by atoms with Gasteiger partial charge in [0.05, 0.1) is 12.8 Å². The first-order chi connectivity index (χ1) is 8.17. The van der Waals surface area contributed by atoms with Gasteiger partial charge in [-0.2, -0.15) is 0 Å². The van der Waals surface area contributed by atoms with Crippen molar-refractivity contribution in [2.24, 2.45) is 0 Å². The third kappa shape index (κ3) is 4.34. The molecule has 0 aliphatic heterocycles. The summed E-state index contributed by atoms with van der Waals surface area (Å²) in [5, 5.41) is 5.58. The number of aryl methyl sites for hydroxylation is 1. The number of benzene rings is 1. The van der Waals surface area contributed by atoms with Crippen molar-refractivity contribution in [3.8, 4) is 5.75 Å². The first kappa shape index (κ1) is 13.4. The van der Waals surface area contributed by atoms with Crippen LogP contribution in [0.3, 0.4) is 0 Å². The Morgan fingerprint density at radius 3 is 2.82 bits per heavy atom. The summed E-state index contributed by atoms with van der Waals surface area (Å²) in [4.78, 5) is 11.6. The molecule has 4 heteroatoms. The summed E-state index contributed by atoms with van der Waals surface area (Å²) < 4.78 is 5.18. The number of unbranched alkanes of at least 4 members (excludes halogenated alkanes) is 1. The summed E-state index contributed by atoms with van der Waals surface area (Å²) in [6.45, 7) is 4.75. The predicted molar refractivity (Wildman–Crippen MR) is 69.7 cm³/mol. The van der Waals surface area contributed by atoms with Crippen LogP contribution in [0.25, 0.3) is 0 Å². The predicted octanol–water partition coefficient (Wildman–Crippen LogP) is 2.93. The van der Waals surface area contributed by atoms with Crippen LogP contribution in [0.1, 0.15) is 25.3 Å². The summed E-state index contributed by atoms with van der Waals surface area (Å²) in [6, 6.07) is 5.48. The van der Waals surface area contributed by atoms with Crippen LogP contribution in [0.15, 0.2) is 18.2 Å². The van der Waals surface area contributed by atoms with Crippen molar-refractivity contribution in [1.29, 1.82) is 0 Å². The number of rotatable bonds is 5. The van der Waals surface area contributed by atoms with Crippen LogP contribution in [0.2, 0.25) is 0 Å². The summed E-state index contributed by atoms with van der Waals surface area (Å²) in [7, 11) is 1.59. The average molecular weight is 236 g/mol. The number of hydrogen-bond acceptors (Lipinski definition) is 2. The highest BCUT2D eigenvalue weighted by Gasteiger charge is 2.06. The molecule has 1 rings (SSSR count). The van der Waals surface area contributed by atoms with Crippen molar-refractivity contribution < 1.29 is 9.53 Å². The van der Waals surface area contributed by atoms with E-state index in [9.17, 15) is 4.79 Å². The molecule has 1 aromatic rings. The third-order valence-electron chi connectivity index (χ3n) is 2.42. The van der Waals surface area contributed by atoms with Crippen molar-refractivity contribution in [3.63, 3.8) is 0 Å². The summed E-state index contributed by atoms with van der Waals surface area (Å²) in [6.07, 6.45) is 2.05. The lowest BCUT2D eigenvalue weighted by Gasteiger charge is -2.11. The molecule has 0 radical (unpaired) electrons. The Labute approximate surface area is 102 Å². The molecule has 0 aliphatic carbocycles. The molecule has 0 bridgehead atoms. The lowest BCUT2D eigenvalue weighted by molar-refractivity contribution is 0.252. The maximum absolute atomic E-state index is 11.6. The van der Waals surface area contributed by atoms with Crippen molar-refractivity contribution in [3.05, 3.63) is 23.8 Å². The second-order valence-electron chi connectivity index (χ2n) is 3.94. The maximum atomic E-state index is 11.6. The van der Waals surface area contributed by atoms with Crippen LogP contribution >= 0.6 is 0 Å². The molecule has 0 aromatic heterocycles. The highest BCUT2D eigenvalue weighted by molar-refractivity contribution is 5.91. The van der Waals surface area contributed by atoms with E-state index >= 15 is 0 Å². The van der Waals surface area contributed by atoms with Crippen molar-refractivity contribution >= 4 is 11.7 Å². The lowest BCUT2D eigenvalue weighted by atomic mass is 10.2. The second-order valence-corrected chi connectivity index (χ2v) is 3.94. The van der Waals surface area contributed by atoms with Gasteiger partial charge in [0.15, 0.2) is 0 Å². The molecule has 0 atom stereocenters. The molecule has 0 saturated heterocycles. The summed E-state index contributed by atoms with van der Waals surface area (Å²) in [5.74, 6) is 0.668. The van der Waals surface area contributed by atoms with Gasteiger partial charge in [-0.1, -0.05) is 19.4 Å². The zero-order valence-corrected chi connectivity index (χ0v) is 10.7. The van der Waals surface area contributed by atoms with Crippen LogP contribution in [0.5, 0.6) is 5.75 Å². The zero-order chi connectivity index (χ0) is 12.7. The van der Waals surface area contributed by atoms with Gasteiger partial charge < -0.3 is 15.4 Å². The number of nitrogens with one attached hydrogen (secondary N) is 2. The van der Waals surface area contributed by atoms with Gasteiger partial charge in [0, 0.05) is 6.54 Å². The SMILES string of the molecule is CCCCNC(=O)Nc1cc(C)ccc1OC. The van der Waals surface area contributed by atoms with E-state index in [2.05, 4.69) is 17.6 Å². The number of urea groups is 1. The zero-order valence-electron chi connectivity index (χ0n) is 10.7. The Morgan fingerprint density at radius 2 is 2.18 bits per heavy atom. The number of ether oxygens (including phenoxy) is 1. The number of carbonyl (C=O) groups is 1. The highest BCUT2D eigenvalue weighted by Crippen LogP contribution is 2.24. The minimum Gasteiger partial charge on any atom is -0.495 e. The highest BCUT2D eigenvalue weighted by atomic mass is 16.5. The number of hydrogen-bond donors (Lipinski definition) is 2. The molecule has 0 unspecified atom stereocenters. The van der Waals surface area contributed by atoms with Crippen LogP contribution in [-0.2, 0) is 0 Å². The molecule has 4 nitrogen and oxygen atoms in total. The average Bonchev–Trinajstić information content (AvgIpc) is 2.29. The first-order valence-corrected chi connectivity index (χ1v) is 5.87. The Bertz CT molecular complexity index is 378. The Morgan fingerprint density at radius 1 is 1.41 bits per heavy atom. The molecule has 2 N–H and O–H groups in total. The van der Waals surface area contributed by atoms with Crippen LogP contribution in [-0.4, -0.2) is 19.7 Å². The van der Waals surface area contributed by atoms with Crippen molar-refractivity contribution in [1.82, 2.24) is 5.32 Å². The topological polar surface area (TPSA) is 50.4 Å². The standard InChI is InChI=1S/C13H20N2O2/c1-4-5-8-14-13(16)15-11-9-10(2)6-7-12(11)17-3/h6-7,9H,4-5,8H2,1-3H3,(H2,14,15,16). The van der Waals surface area contributed by atoms with Gasteiger partial charge in [0.1, 0.15) is 5.75 Å². The molecule has 1 aromatic carbocycles. The van der Waals surface area contributed by atoms with E-state index in [1.54, 1.807) is 7.11 Å². The second kappa shape index (κ2) is 6.78. The monoisotopic (exact) mass is 236 g/mol. The molecular weight excluding hydrogens is 216 g/mol. The van der Waals surface area contributed by atoms with E-state index in [0.29, 0.717) is 18.0 Å². The number of amides is 2. The van der Waals surface area contributed by atoms with E-state index in [4.69, 9.17) is 4.74 Å². The summed E-state index contributed by atoms with van der Waals surface area (Å²) >= 11 is 0. The summed E-state index contributed by atoms with van der Waals surface area (Å²) in [5.41, 5.74) is 1.77. The van der Waals surface area contributed by atoms with Crippen LogP contribution in [0.4, 0.5) is 10.5 Å². The molecule has 2 amide bonds. The number of carbonyl (C=O) groups excluding carboxylic acids is 1. The van der Waals surface area contributed by atoms with Gasteiger partial charge in [0.25, 0.3) is 0 Å². The van der Waals surface area contributed by atoms with Gasteiger partial charge in [-0.25, -0.2) is 4.79 Å². The van der Waals surface area contributed by atoms with Crippen LogP contribution < -0.4 is 15.4 Å². The molecule has 0 spiro atoms. The maximum Gasteiger partial charge on any atom is 0.319 e. The Hall–Kier alpha value is -1.71.